The summed E-state index contributed by atoms with van der Waals surface area (Å²) in [4.78, 5) is 27.3. The maximum absolute atomic E-state index is 13.1. The van der Waals surface area contributed by atoms with E-state index in [1.165, 1.54) is 11.8 Å². The van der Waals surface area contributed by atoms with E-state index in [9.17, 15) is 9.59 Å². The summed E-state index contributed by atoms with van der Waals surface area (Å²) < 4.78 is 5.15. The summed E-state index contributed by atoms with van der Waals surface area (Å²) >= 11 is 1.40. The largest absolute Gasteiger partial charge is 0.497 e. The second-order valence-electron chi connectivity index (χ2n) is 7.11. The van der Waals surface area contributed by atoms with Crippen molar-refractivity contribution in [1.82, 2.24) is 21.5 Å². The van der Waals surface area contributed by atoms with Crippen LogP contribution in [0, 0.1) is 5.92 Å². The molecule has 3 atom stereocenters. The predicted molar refractivity (Wildman–Crippen MR) is 117 cm³/mol. The zero-order valence-electron chi connectivity index (χ0n) is 16.6. The minimum Gasteiger partial charge on any atom is -0.497 e. The molecule has 0 aromatic heterocycles. The number of benzene rings is 2. The molecule has 2 aliphatic heterocycles. The van der Waals surface area contributed by atoms with Crippen LogP contribution in [-0.4, -0.2) is 42.9 Å². The fourth-order valence-corrected chi connectivity index (χ4v) is 4.56. The van der Waals surface area contributed by atoms with Crippen molar-refractivity contribution in [1.29, 1.82) is 0 Å². The fourth-order valence-electron chi connectivity index (χ4n) is 3.53. The molecule has 0 spiro atoms. The van der Waals surface area contributed by atoms with Gasteiger partial charge in [0.15, 0.2) is 0 Å². The Labute approximate surface area is 179 Å². The molecule has 2 amide bonds. The molecule has 2 aliphatic rings. The van der Waals surface area contributed by atoms with E-state index in [1.807, 2.05) is 54.6 Å². The standard InChI is InChI=1S/C21H25N5O3S/c1-29-16-9-7-14(8-10-16)11-22-18(27)13-30-21-24-19-17(12-23-25-19)20(28)26(21)15-5-3-2-4-6-15/h2-10,17,19,21,23-25H,11-13H2,1H3,(H,22,27). The number of rotatable bonds is 7. The monoisotopic (exact) mass is 427 g/mol. The highest BCUT2D eigenvalue weighted by Crippen LogP contribution is 2.29. The second-order valence-corrected chi connectivity index (χ2v) is 8.18. The maximum Gasteiger partial charge on any atom is 0.236 e. The van der Waals surface area contributed by atoms with E-state index in [4.69, 9.17) is 4.74 Å². The predicted octanol–water partition coefficient (Wildman–Crippen LogP) is 1.01. The van der Waals surface area contributed by atoms with Crippen molar-refractivity contribution in [3.05, 3.63) is 60.2 Å². The molecule has 3 unspecified atom stereocenters. The number of hydrazine groups is 1. The van der Waals surface area contributed by atoms with Gasteiger partial charge in [-0.2, -0.15) is 0 Å². The van der Waals surface area contributed by atoms with Crippen molar-refractivity contribution < 1.29 is 14.3 Å². The Kier molecular flexibility index (Phi) is 6.53. The lowest BCUT2D eigenvalue weighted by Gasteiger charge is -2.41. The molecule has 4 rings (SSSR count). The summed E-state index contributed by atoms with van der Waals surface area (Å²) in [5, 5.41) is 6.37. The average Bonchev–Trinajstić information content (AvgIpc) is 3.26. The molecule has 158 valence electrons. The number of hydrogen-bond donors (Lipinski definition) is 4. The Balaban J connectivity index is 1.37. The number of amides is 2. The molecule has 2 fully saturated rings. The minimum absolute atomic E-state index is 0.0404. The van der Waals surface area contributed by atoms with Crippen molar-refractivity contribution in [2.45, 2.75) is 18.2 Å². The van der Waals surface area contributed by atoms with Crippen LogP contribution in [0.2, 0.25) is 0 Å². The van der Waals surface area contributed by atoms with Gasteiger partial charge in [0.05, 0.1) is 24.9 Å². The Morgan fingerprint density at radius 1 is 1.20 bits per heavy atom. The SMILES string of the molecule is COc1ccc(CNC(=O)CSC2NC3NNCC3C(=O)N2c2ccccc2)cc1. The molecule has 0 radical (unpaired) electrons. The second kappa shape index (κ2) is 9.48. The Hall–Kier alpha value is -2.59. The first-order chi connectivity index (χ1) is 14.7. The Morgan fingerprint density at radius 3 is 2.70 bits per heavy atom. The summed E-state index contributed by atoms with van der Waals surface area (Å²) in [6.07, 6.45) is -0.155. The van der Waals surface area contributed by atoms with Gasteiger partial charge in [-0.25, -0.2) is 5.43 Å². The van der Waals surface area contributed by atoms with E-state index < -0.39 is 0 Å². The molecule has 4 N–H and O–H groups in total. The molecule has 9 heteroatoms. The summed E-state index contributed by atoms with van der Waals surface area (Å²) in [6.45, 7) is 1.01. The summed E-state index contributed by atoms with van der Waals surface area (Å²) in [7, 11) is 1.62. The van der Waals surface area contributed by atoms with E-state index >= 15 is 0 Å². The lowest BCUT2D eigenvalue weighted by molar-refractivity contribution is -0.124. The van der Waals surface area contributed by atoms with Gasteiger partial charge >= 0.3 is 0 Å². The van der Waals surface area contributed by atoms with Crippen molar-refractivity contribution >= 4 is 29.3 Å². The van der Waals surface area contributed by atoms with Crippen LogP contribution >= 0.6 is 11.8 Å². The van der Waals surface area contributed by atoms with Gasteiger partial charge in [-0.1, -0.05) is 30.3 Å². The number of ether oxygens (including phenoxy) is 1. The van der Waals surface area contributed by atoms with Crippen LogP contribution in [0.3, 0.4) is 0 Å². The molecule has 0 bridgehead atoms. The van der Waals surface area contributed by atoms with Crippen molar-refractivity contribution in [3.63, 3.8) is 0 Å². The third kappa shape index (κ3) is 4.59. The Morgan fingerprint density at radius 2 is 1.97 bits per heavy atom. The number of nitrogens with one attached hydrogen (secondary N) is 4. The highest BCUT2D eigenvalue weighted by atomic mass is 32.2. The van der Waals surface area contributed by atoms with Crippen LogP contribution in [0.1, 0.15) is 5.56 Å². The molecule has 2 aromatic rings. The number of anilines is 1. The van der Waals surface area contributed by atoms with Crippen molar-refractivity contribution in [2.24, 2.45) is 5.92 Å². The quantitative estimate of drug-likeness (QED) is 0.524. The third-order valence-electron chi connectivity index (χ3n) is 5.15. The van der Waals surface area contributed by atoms with Gasteiger partial charge in [0.25, 0.3) is 0 Å². The summed E-state index contributed by atoms with van der Waals surface area (Å²) in [5.74, 6) is 0.778. The van der Waals surface area contributed by atoms with Gasteiger partial charge < -0.3 is 10.1 Å². The van der Waals surface area contributed by atoms with Gasteiger partial charge in [-0.3, -0.25) is 25.2 Å². The molecule has 30 heavy (non-hydrogen) atoms. The van der Waals surface area contributed by atoms with Crippen molar-refractivity contribution in [3.8, 4) is 5.75 Å². The highest BCUT2D eigenvalue weighted by molar-refractivity contribution is 8.00. The van der Waals surface area contributed by atoms with Gasteiger partial charge in [0, 0.05) is 18.8 Å². The van der Waals surface area contributed by atoms with Crippen LogP contribution < -0.4 is 31.1 Å². The highest BCUT2D eigenvalue weighted by Gasteiger charge is 2.44. The molecule has 2 aromatic carbocycles. The van der Waals surface area contributed by atoms with E-state index in [1.54, 1.807) is 12.0 Å². The average molecular weight is 428 g/mol. The molecule has 0 aliphatic carbocycles. The van der Waals surface area contributed by atoms with Gasteiger partial charge in [0.1, 0.15) is 11.2 Å². The van der Waals surface area contributed by atoms with E-state index in [0.717, 1.165) is 17.0 Å². The smallest absolute Gasteiger partial charge is 0.236 e. The number of hydrogen-bond acceptors (Lipinski definition) is 7. The number of methoxy groups -OCH3 is 1. The van der Waals surface area contributed by atoms with Crippen LogP contribution in [0.4, 0.5) is 5.69 Å². The molecular formula is C21H25N5O3S. The summed E-state index contributed by atoms with van der Waals surface area (Å²) in [5.41, 5.74) is 7.61. The molecular weight excluding hydrogens is 402 g/mol. The topological polar surface area (TPSA) is 94.7 Å². The lowest BCUT2D eigenvalue weighted by Crippen LogP contribution is -2.64. The van der Waals surface area contributed by atoms with Gasteiger partial charge in [0.2, 0.25) is 11.8 Å². The summed E-state index contributed by atoms with van der Waals surface area (Å²) in [6, 6.07) is 17.1. The van der Waals surface area contributed by atoms with Crippen LogP contribution in [0.5, 0.6) is 5.75 Å². The van der Waals surface area contributed by atoms with E-state index in [-0.39, 0.29) is 35.1 Å². The maximum atomic E-state index is 13.1. The molecule has 0 saturated carbocycles. The molecule has 8 nitrogen and oxygen atoms in total. The lowest BCUT2D eigenvalue weighted by atomic mass is 10.0. The zero-order valence-corrected chi connectivity index (χ0v) is 17.4. The van der Waals surface area contributed by atoms with Gasteiger partial charge in [-0.15, -0.1) is 11.8 Å². The first kappa shape index (κ1) is 20.7. The third-order valence-corrected chi connectivity index (χ3v) is 6.24. The van der Waals surface area contributed by atoms with Crippen molar-refractivity contribution in [2.75, 3.05) is 24.3 Å². The Bertz CT molecular complexity index is 880. The van der Waals surface area contributed by atoms with Gasteiger partial charge in [-0.05, 0) is 29.8 Å². The van der Waals surface area contributed by atoms with E-state index in [2.05, 4.69) is 21.5 Å². The number of nitrogens with zero attached hydrogens (tertiary/aromatic N) is 1. The molecule has 2 saturated heterocycles. The number of carbonyl (C=O) groups excluding carboxylic acids is 2. The van der Waals surface area contributed by atoms with E-state index in [0.29, 0.717) is 13.1 Å². The first-order valence-corrected chi connectivity index (χ1v) is 10.8. The van der Waals surface area contributed by atoms with Crippen LogP contribution in [-0.2, 0) is 16.1 Å². The zero-order chi connectivity index (χ0) is 20.9. The van der Waals surface area contributed by atoms with Crippen LogP contribution in [0.25, 0.3) is 0 Å². The minimum atomic E-state index is -0.347. The number of para-hydroxylation sites is 1. The number of fused-ring (bicyclic) bond motifs is 1. The number of thioether (sulfide) groups is 1. The normalized spacial score (nSPS) is 23.2. The molecule has 2 heterocycles. The fraction of sp³-hybridized carbons (Fsp3) is 0.333. The van der Waals surface area contributed by atoms with Crippen LogP contribution in [0.15, 0.2) is 54.6 Å². The number of carbonyl (C=O) groups is 2. The first-order valence-electron chi connectivity index (χ1n) is 9.79.